The molecule has 0 saturated carbocycles. The van der Waals surface area contributed by atoms with Crippen molar-refractivity contribution in [2.24, 2.45) is 0 Å². The molecule has 0 atom stereocenters. The normalized spacial score (nSPS) is 10.4. The highest BCUT2D eigenvalue weighted by atomic mass is 19.1. The summed E-state index contributed by atoms with van der Waals surface area (Å²) in [5.74, 6) is -0.726. The number of methoxy groups -OCH3 is 1. The van der Waals surface area contributed by atoms with E-state index in [1.54, 1.807) is 12.1 Å². The van der Waals surface area contributed by atoms with Gasteiger partial charge in [-0.25, -0.2) is 9.37 Å². The third kappa shape index (κ3) is 5.22. The largest absolute Gasteiger partial charge is 0.503 e. The molecular formula is C22H22FN3O3. The van der Waals surface area contributed by atoms with Crippen LogP contribution >= 0.6 is 0 Å². The second kappa shape index (κ2) is 9.05. The van der Waals surface area contributed by atoms with E-state index in [0.717, 1.165) is 11.1 Å². The minimum atomic E-state index is -0.566. The average Bonchev–Trinajstić information content (AvgIpc) is 2.73. The molecule has 0 fully saturated rings. The van der Waals surface area contributed by atoms with Gasteiger partial charge >= 0.3 is 0 Å². The summed E-state index contributed by atoms with van der Waals surface area (Å²) in [6.07, 6.45) is 0. The van der Waals surface area contributed by atoms with E-state index in [0.29, 0.717) is 12.4 Å². The van der Waals surface area contributed by atoms with E-state index in [4.69, 9.17) is 4.74 Å². The van der Waals surface area contributed by atoms with Crippen LogP contribution in [-0.4, -0.2) is 23.1 Å². The molecule has 1 amide bonds. The minimum Gasteiger partial charge on any atom is -0.503 e. The zero-order valence-corrected chi connectivity index (χ0v) is 16.2. The molecule has 0 aliphatic heterocycles. The molecule has 1 heterocycles. The van der Waals surface area contributed by atoms with Crippen LogP contribution in [-0.2, 0) is 13.1 Å². The summed E-state index contributed by atoms with van der Waals surface area (Å²) in [6, 6.07) is 15.3. The third-order valence-electron chi connectivity index (χ3n) is 4.35. The number of hydrogen-bond donors (Lipinski definition) is 3. The maximum absolute atomic E-state index is 13.0. The lowest BCUT2D eigenvalue weighted by molar-refractivity contribution is 0.0942. The van der Waals surface area contributed by atoms with Crippen LogP contribution in [0.4, 0.5) is 10.2 Å². The SMILES string of the molecule is COc1cc(NCc2ccc(C)cc2)nc(C(=O)NCc2ccc(F)cc2)c1O. The van der Waals surface area contributed by atoms with Gasteiger partial charge in [-0.3, -0.25) is 4.79 Å². The summed E-state index contributed by atoms with van der Waals surface area (Å²) in [4.78, 5) is 16.8. The number of anilines is 1. The molecule has 150 valence electrons. The Morgan fingerprint density at radius 3 is 2.34 bits per heavy atom. The number of carbonyl (C=O) groups excluding carboxylic acids is 1. The summed E-state index contributed by atoms with van der Waals surface area (Å²) >= 11 is 0. The van der Waals surface area contributed by atoms with Gasteiger partial charge in [0.2, 0.25) is 0 Å². The molecule has 0 aliphatic rings. The fraction of sp³-hybridized carbons (Fsp3) is 0.182. The van der Waals surface area contributed by atoms with Gasteiger partial charge in [-0.15, -0.1) is 0 Å². The van der Waals surface area contributed by atoms with Crippen molar-refractivity contribution in [3.63, 3.8) is 0 Å². The Morgan fingerprint density at radius 2 is 1.69 bits per heavy atom. The number of benzene rings is 2. The number of aromatic hydroxyl groups is 1. The van der Waals surface area contributed by atoms with Crippen molar-refractivity contribution in [3.8, 4) is 11.5 Å². The lowest BCUT2D eigenvalue weighted by atomic mass is 10.1. The third-order valence-corrected chi connectivity index (χ3v) is 4.35. The van der Waals surface area contributed by atoms with Crippen molar-refractivity contribution in [1.29, 1.82) is 0 Å². The van der Waals surface area contributed by atoms with Gasteiger partial charge in [-0.2, -0.15) is 0 Å². The van der Waals surface area contributed by atoms with Crippen molar-refractivity contribution >= 4 is 11.7 Å². The number of pyridine rings is 1. The molecule has 3 N–H and O–H groups in total. The monoisotopic (exact) mass is 395 g/mol. The molecular weight excluding hydrogens is 373 g/mol. The number of rotatable bonds is 7. The van der Waals surface area contributed by atoms with Gasteiger partial charge < -0.3 is 20.5 Å². The van der Waals surface area contributed by atoms with E-state index in [-0.39, 0.29) is 29.6 Å². The Hall–Kier alpha value is -3.61. The first kappa shape index (κ1) is 20.1. The van der Waals surface area contributed by atoms with Crippen LogP contribution in [0.5, 0.6) is 11.5 Å². The molecule has 0 saturated heterocycles. The Labute approximate surface area is 168 Å². The van der Waals surface area contributed by atoms with Gasteiger partial charge in [0.1, 0.15) is 11.6 Å². The molecule has 7 heteroatoms. The number of aryl methyl sites for hydroxylation is 1. The summed E-state index contributed by atoms with van der Waals surface area (Å²) in [5.41, 5.74) is 2.78. The Balaban J connectivity index is 1.74. The molecule has 29 heavy (non-hydrogen) atoms. The standard InChI is InChI=1S/C22H22FN3O3/c1-14-3-5-15(6-4-14)12-24-19-11-18(29-2)21(27)20(26-19)22(28)25-13-16-7-9-17(23)10-8-16/h3-11,27H,12-13H2,1-2H3,(H,24,26)(H,25,28). The predicted octanol–water partition coefficient (Wildman–Crippen LogP) is 3.79. The topological polar surface area (TPSA) is 83.5 Å². The van der Waals surface area contributed by atoms with Gasteiger partial charge in [0.05, 0.1) is 7.11 Å². The zero-order chi connectivity index (χ0) is 20.8. The van der Waals surface area contributed by atoms with Crippen molar-refractivity contribution in [3.05, 3.63) is 82.8 Å². The Kier molecular flexibility index (Phi) is 6.29. The number of carbonyl (C=O) groups is 1. The van der Waals surface area contributed by atoms with E-state index in [2.05, 4.69) is 15.6 Å². The first-order valence-corrected chi connectivity index (χ1v) is 9.06. The second-order valence-electron chi connectivity index (χ2n) is 6.56. The van der Waals surface area contributed by atoms with E-state index < -0.39 is 5.91 Å². The lowest BCUT2D eigenvalue weighted by Gasteiger charge is -2.13. The summed E-state index contributed by atoms with van der Waals surface area (Å²) in [7, 11) is 1.40. The Bertz CT molecular complexity index is 989. The van der Waals surface area contributed by atoms with Crippen LogP contribution in [0, 0.1) is 12.7 Å². The maximum Gasteiger partial charge on any atom is 0.274 e. The maximum atomic E-state index is 13.0. The molecule has 0 spiro atoms. The second-order valence-corrected chi connectivity index (χ2v) is 6.56. The van der Waals surface area contributed by atoms with E-state index >= 15 is 0 Å². The lowest BCUT2D eigenvalue weighted by Crippen LogP contribution is -2.24. The van der Waals surface area contributed by atoms with Gasteiger partial charge in [0.25, 0.3) is 5.91 Å². The number of nitrogens with one attached hydrogen (secondary N) is 2. The molecule has 0 aliphatic carbocycles. The molecule has 2 aromatic carbocycles. The summed E-state index contributed by atoms with van der Waals surface area (Å²) in [5, 5.41) is 16.1. The molecule has 3 rings (SSSR count). The summed E-state index contributed by atoms with van der Waals surface area (Å²) < 4.78 is 18.2. The van der Waals surface area contributed by atoms with Crippen molar-refractivity contribution in [1.82, 2.24) is 10.3 Å². The smallest absolute Gasteiger partial charge is 0.274 e. The van der Waals surface area contributed by atoms with Crippen LogP contribution in [0.1, 0.15) is 27.2 Å². The van der Waals surface area contributed by atoms with Gasteiger partial charge in [0, 0.05) is 19.2 Å². The molecule has 1 aromatic heterocycles. The number of hydrogen-bond acceptors (Lipinski definition) is 5. The fourth-order valence-electron chi connectivity index (χ4n) is 2.69. The number of nitrogens with zero attached hydrogens (tertiary/aromatic N) is 1. The fourth-order valence-corrected chi connectivity index (χ4v) is 2.69. The van der Waals surface area contributed by atoms with Gasteiger partial charge in [0.15, 0.2) is 17.2 Å². The number of halogens is 1. The van der Waals surface area contributed by atoms with E-state index in [9.17, 15) is 14.3 Å². The average molecular weight is 395 g/mol. The molecule has 6 nitrogen and oxygen atoms in total. The van der Waals surface area contributed by atoms with Crippen LogP contribution in [0.3, 0.4) is 0 Å². The highest BCUT2D eigenvalue weighted by Gasteiger charge is 2.19. The molecule has 0 bridgehead atoms. The molecule has 3 aromatic rings. The Morgan fingerprint density at radius 1 is 1.07 bits per heavy atom. The predicted molar refractivity (Wildman–Crippen MR) is 109 cm³/mol. The number of aromatic nitrogens is 1. The van der Waals surface area contributed by atoms with Crippen LogP contribution in [0.2, 0.25) is 0 Å². The first-order valence-electron chi connectivity index (χ1n) is 9.06. The molecule has 0 unspecified atom stereocenters. The highest BCUT2D eigenvalue weighted by Crippen LogP contribution is 2.31. The van der Waals surface area contributed by atoms with E-state index in [1.807, 2.05) is 31.2 Å². The van der Waals surface area contributed by atoms with Crippen LogP contribution in [0.15, 0.2) is 54.6 Å². The molecule has 0 radical (unpaired) electrons. The number of amides is 1. The quantitative estimate of drug-likeness (QED) is 0.567. The van der Waals surface area contributed by atoms with Gasteiger partial charge in [-0.05, 0) is 30.2 Å². The minimum absolute atomic E-state index is 0.137. The van der Waals surface area contributed by atoms with Crippen molar-refractivity contribution in [2.75, 3.05) is 12.4 Å². The highest BCUT2D eigenvalue weighted by molar-refractivity contribution is 5.96. The van der Waals surface area contributed by atoms with Crippen molar-refractivity contribution < 1.29 is 19.0 Å². The van der Waals surface area contributed by atoms with Crippen LogP contribution in [0.25, 0.3) is 0 Å². The van der Waals surface area contributed by atoms with Crippen LogP contribution < -0.4 is 15.4 Å². The zero-order valence-electron chi connectivity index (χ0n) is 16.2. The first-order chi connectivity index (χ1) is 14.0. The number of ether oxygens (including phenoxy) is 1. The van der Waals surface area contributed by atoms with E-state index in [1.165, 1.54) is 30.9 Å². The van der Waals surface area contributed by atoms with Gasteiger partial charge in [-0.1, -0.05) is 42.0 Å². The summed E-state index contributed by atoms with van der Waals surface area (Å²) in [6.45, 7) is 2.68. The van der Waals surface area contributed by atoms with Crippen molar-refractivity contribution in [2.45, 2.75) is 20.0 Å².